The molecule has 29 heavy (non-hydrogen) atoms. The molecule has 0 saturated carbocycles. The Labute approximate surface area is 169 Å². The third kappa shape index (κ3) is 3.11. The molecule has 142 valence electrons. The van der Waals surface area contributed by atoms with E-state index in [-0.39, 0.29) is 0 Å². The number of nitrogens with zero attached hydrogens (tertiary/aromatic N) is 4. The number of benzene rings is 2. The molecule has 0 aliphatic heterocycles. The van der Waals surface area contributed by atoms with E-state index in [0.29, 0.717) is 33.3 Å². The molecule has 3 aromatic heterocycles. The summed E-state index contributed by atoms with van der Waals surface area (Å²) in [6, 6.07) is 14.0. The Hall–Kier alpha value is -3.71. The van der Waals surface area contributed by atoms with Crippen molar-refractivity contribution in [1.82, 2.24) is 19.7 Å². The number of aryl methyl sites for hydroxylation is 1. The molecule has 8 heteroatoms. The van der Waals surface area contributed by atoms with Crippen LogP contribution >= 0.6 is 11.6 Å². The highest BCUT2D eigenvalue weighted by atomic mass is 35.5. The molecule has 0 bridgehead atoms. The fraction of sp³-hybridized carbons (Fsp3) is 0.0476. The fourth-order valence-electron chi connectivity index (χ4n) is 3.16. The van der Waals surface area contributed by atoms with Crippen molar-refractivity contribution in [1.29, 1.82) is 0 Å². The number of fused-ring (bicyclic) bond motifs is 2. The quantitative estimate of drug-likeness (QED) is 0.406. The maximum absolute atomic E-state index is 11.7. The van der Waals surface area contributed by atoms with Crippen LogP contribution in [-0.2, 0) is 0 Å². The van der Waals surface area contributed by atoms with Crippen molar-refractivity contribution in [2.75, 3.05) is 0 Å². The van der Waals surface area contributed by atoms with Crippen molar-refractivity contribution in [3.8, 4) is 17.3 Å². The highest BCUT2D eigenvalue weighted by Crippen LogP contribution is 2.30. The Balaban J connectivity index is 1.57. The zero-order valence-electron chi connectivity index (χ0n) is 15.2. The molecule has 5 aromatic rings. The summed E-state index contributed by atoms with van der Waals surface area (Å²) in [6.45, 7) is 1.86. The number of rotatable bonds is 3. The first-order valence-electron chi connectivity index (χ1n) is 8.75. The average Bonchev–Trinajstić information content (AvgIpc) is 3.13. The van der Waals surface area contributed by atoms with E-state index in [9.17, 15) is 4.79 Å². The predicted octanol–water partition coefficient (Wildman–Crippen LogP) is 4.68. The molecule has 0 aliphatic carbocycles. The molecular formula is C21H13ClN4O3. The first kappa shape index (κ1) is 17.4. The van der Waals surface area contributed by atoms with Gasteiger partial charge in [-0.05, 0) is 48.9 Å². The van der Waals surface area contributed by atoms with Crippen LogP contribution in [0.25, 0.3) is 27.7 Å². The lowest BCUT2D eigenvalue weighted by Crippen LogP contribution is -1.99. The molecule has 7 nitrogen and oxygen atoms in total. The van der Waals surface area contributed by atoms with Gasteiger partial charge in [0.25, 0.3) is 0 Å². The van der Waals surface area contributed by atoms with Gasteiger partial charge in [0.2, 0.25) is 5.88 Å². The van der Waals surface area contributed by atoms with Crippen LogP contribution in [-0.4, -0.2) is 19.7 Å². The van der Waals surface area contributed by atoms with Gasteiger partial charge in [0.1, 0.15) is 23.0 Å². The Kier molecular flexibility index (Phi) is 4.03. The largest absolute Gasteiger partial charge is 0.438 e. The Morgan fingerprint density at radius 3 is 2.69 bits per heavy atom. The van der Waals surface area contributed by atoms with Crippen LogP contribution < -0.4 is 10.4 Å². The standard InChI is InChI=1S/C21H13ClN4O3/c1-12-8-19(27)29-18-9-15(6-7-16(12)18)28-21-17-10-25-26(20(17)23-11-24-21)14-4-2-13(22)3-5-14/h2-11H,1H3. The van der Waals surface area contributed by atoms with Gasteiger partial charge < -0.3 is 9.15 Å². The van der Waals surface area contributed by atoms with Gasteiger partial charge in [0.05, 0.1) is 11.9 Å². The second-order valence-electron chi connectivity index (χ2n) is 6.46. The monoisotopic (exact) mass is 404 g/mol. The second kappa shape index (κ2) is 6.72. The van der Waals surface area contributed by atoms with Gasteiger partial charge in [0, 0.05) is 22.5 Å². The van der Waals surface area contributed by atoms with Gasteiger partial charge in [-0.1, -0.05) is 11.6 Å². The Morgan fingerprint density at radius 1 is 1.03 bits per heavy atom. The summed E-state index contributed by atoms with van der Waals surface area (Å²) in [5, 5.41) is 6.54. The molecule has 0 amide bonds. The van der Waals surface area contributed by atoms with E-state index in [1.54, 1.807) is 35.1 Å². The molecule has 0 spiro atoms. The van der Waals surface area contributed by atoms with Crippen molar-refractivity contribution in [2.24, 2.45) is 0 Å². The van der Waals surface area contributed by atoms with E-state index in [0.717, 1.165) is 16.6 Å². The van der Waals surface area contributed by atoms with Crippen molar-refractivity contribution in [2.45, 2.75) is 6.92 Å². The van der Waals surface area contributed by atoms with Crippen LogP contribution in [0.15, 0.2) is 70.3 Å². The van der Waals surface area contributed by atoms with Gasteiger partial charge in [0.15, 0.2) is 5.65 Å². The summed E-state index contributed by atoms with van der Waals surface area (Å²) in [4.78, 5) is 20.2. The van der Waals surface area contributed by atoms with Crippen molar-refractivity contribution < 1.29 is 9.15 Å². The summed E-state index contributed by atoms with van der Waals surface area (Å²) >= 11 is 5.97. The first-order chi connectivity index (χ1) is 14.1. The minimum absolute atomic E-state index is 0.351. The normalized spacial score (nSPS) is 11.2. The van der Waals surface area contributed by atoms with Crippen LogP contribution in [0.4, 0.5) is 0 Å². The van der Waals surface area contributed by atoms with Crippen LogP contribution in [0.2, 0.25) is 5.02 Å². The van der Waals surface area contributed by atoms with Crippen molar-refractivity contribution in [3.63, 3.8) is 0 Å². The lowest BCUT2D eigenvalue weighted by Gasteiger charge is -2.07. The van der Waals surface area contributed by atoms with Crippen LogP contribution in [0.1, 0.15) is 5.56 Å². The fourth-order valence-corrected chi connectivity index (χ4v) is 3.28. The van der Waals surface area contributed by atoms with E-state index in [1.807, 2.05) is 25.1 Å². The molecule has 0 N–H and O–H groups in total. The predicted molar refractivity (Wildman–Crippen MR) is 109 cm³/mol. The van der Waals surface area contributed by atoms with E-state index >= 15 is 0 Å². The topological polar surface area (TPSA) is 83.0 Å². The van der Waals surface area contributed by atoms with Gasteiger partial charge in [-0.15, -0.1) is 0 Å². The lowest BCUT2D eigenvalue weighted by atomic mass is 10.1. The summed E-state index contributed by atoms with van der Waals surface area (Å²) in [7, 11) is 0. The minimum Gasteiger partial charge on any atom is -0.438 e. The summed E-state index contributed by atoms with van der Waals surface area (Å²) < 4.78 is 12.9. The number of ether oxygens (including phenoxy) is 1. The van der Waals surface area contributed by atoms with Crippen LogP contribution in [0.5, 0.6) is 11.6 Å². The minimum atomic E-state index is -0.402. The average molecular weight is 405 g/mol. The number of hydrogen-bond donors (Lipinski definition) is 0. The first-order valence-corrected chi connectivity index (χ1v) is 9.13. The maximum Gasteiger partial charge on any atom is 0.336 e. The lowest BCUT2D eigenvalue weighted by molar-refractivity contribution is 0.466. The van der Waals surface area contributed by atoms with Crippen molar-refractivity contribution >= 4 is 33.6 Å². The van der Waals surface area contributed by atoms with E-state index in [4.69, 9.17) is 20.8 Å². The van der Waals surface area contributed by atoms with E-state index in [2.05, 4.69) is 15.1 Å². The molecule has 0 aliphatic rings. The third-order valence-electron chi connectivity index (χ3n) is 4.54. The zero-order valence-corrected chi connectivity index (χ0v) is 15.9. The molecule has 0 radical (unpaired) electrons. The Morgan fingerprint density at radius 2 is 1.86 bits per heavy atom. The maximum atomic E-state index is 11.7. The van der Waals surface area contributed by atoms with Crippen LogP contribution in [0, 0.1) is 6.92 Å². The van der Waals surface area contributed by atoms with E-state index in [1.165, 1.54) is 12.4 Å². The number of hydrogen-bond acceptors (Lipinski definition) is 6. The van der Waals surface area contributed by atoms with Gasteiger partial charge in [-0.2, -0.15) is 5.10 Å². The molecule has 5 rings (SSSR count). The molecule has 3 heterocycles. The number of aromatic nitrogens is 4. The zero-order chi connectivity index (χ0) is 20.0. The summed E-state index contributed by atoms with van der Waals surface area (Å²) in [5.41, 5.74) is 2.31. The SMILES string of the molecule is Cc1cc(=O)oc2cc(Oc3ncnc4c3cnn4-c3ccc(Cl)cc3)ccc12. The molecule has 0 saturated heterocycles. The highest BCUT2D eigenvalue weighted by Gasteiger charge is 2.13. The van der Waals surface area contributed by atoms with E-state index < -0.39 is 5.63 Å². The smallest absolute Gasteiger partial charge is 0.336 e. The summed E-state index contributed by atoms with van der Waals surface area (Å²) in [5.74, 6) is 0.843. The van der Waals surface area contributed by atoms with Gasteiger partial charge in [-0.3, -0.25) is 0 Å². The number of halogens is 1. The van der Waals surface area contributed by atoms with Crippen molar-refractivity contribution in [3.05, 3.63) is 82.1 Å². The molecule has 2 aromatic carbocycles. The Bertz CT molecular complexity index is 1420. The second-order valence-corrected chi connectivity index (χ2v) is 6.89. The van der Waals surface area contributed by atoms with Gasteiger partial charge >= 0.3 is 5.63 Å². The molecular weight excluding hydrogens is 392 g/mol. The molecule has 0 atom stereocenters. The van der Waals surface area contributed by atoms with Crippen LogP contribution in [0.3, 0.4) is 0 Å². The molecule has 0 unspecified atom stereocenters. The van der Waals surface area contributed by atoms with Gasteiger partial charge in [-0.25, -0.2) is 19.4 Å². The summed E-state index contributed by atoms with van der Waals surface area (Å²) in [6.07, 6.45) is 3.06. The highest BCUT2D eigenvalue weighted by molar-refractivity contribution is 6.30. The molecule has 0 fully saturated rings. The third-order valence-corrected chi connectivity index (χ3v) is 4.79.